The third-order valence-corrected chi connectivity index (χ3v) is 6.88. The van der Waals surface area contributed by atoms with E-state index in [2.05, 4.69) is 16.4 Å². The molecule has 1 N–H and O–H groups in total. The average molecular weight is 477 g/mol. The first-order valence-corrected chi connectivity index (χ1v) is 12.0. The number of rotatable bonds is 5. The van der Waals surface area contributed by atoms with E-state index in [1.807, 2.05) is 29.7 Å². The Hall–Kier alpha value is -3.52. The van der Waals surface area contributed by atoms with Crippen LogP contribution in [0.1, 0.15) is 51.8 Å². The van der Waals surface area contributed by atoms with Crippen LogP contribution in [-0.2, 0) is 29.2 Å². The van der Waals surface area contributed by atoms with E-state index in [9.17, 15) is 14.0 Å². The number of hydrogen-bond donors (Lipinski definition) is 1. The van der Waals surface area contributed by atoms with Crippen LogP contribution in [0.25, 0.3) is 0 Å². The van der Waals surface area contributed by atoms with Crippen molar-refractivity contribution in [2.75, 3.05) is 13.1 Å². The van der Waals surface area contributed by atoms with Crippen LogP contribution in [0.15, 0.2) is 54.9 Å². The van der Waals surface area contributed by atoms with Crippen molar-refractivity contribution in [1.82, 2.24) is 19.8 Å². The Morgan fingerprint density at radius 3 is 2.66 bits per heavy atom. The molecule has 0 aliphatic carbocycles. The molecule has 1 fully saturated rings. The Morgan fingerprint density at radius 2 is 1.91 bits per heavy atom. The fourth-order valence-electron chi connectivity index (χ4n) is 4.84. The largest absolute Gasteiger partial charge is 0.365 e. The smallest absolute Gasteiger partial charge is 0.274 e. The number of carbonyl (C=O) groups excluding carboxylic acids is 2. The van der Waals surface area contributed by atoms with Crippen LogP contribution >= 0.6 is 0 Å². The van der Waals surface area contributed by atoms with E-state index in [-0.39, 0.29) is 36.3 Å². The van der Waals surface area contributed by atoms with Gasteiger partial charge in [0.15, 0.2) is 5.69 Å². The van der Waals surface area contributed by atoms with Crippen molar-refractivity contribution in [2.45, 2.75) is 45.6 Å². The van der Waals surface area contributed by atoms with E-state index >= 15 is 0 Å². The summed E-state index contributed by atoms with van der Waals surface area (Å²) >= 11 is 0. The zero-order valence-electron chi connectivity index (χ0n) is 19.7. The first kappa shape index (κ1) is 23.2. The number of benzene rings is 2. The van der Waals surface area contributed by atoms with Crippen LogP contribution in [0.4, 0.5) is 4.39 Å². The SMILES string of the molecule is Cc1cccc(CNC(=O)C2CCN(C(=O)c3ncn4c3CO[C@@H](c3ccc(F)cc3)C4)CC2)c1. The van der Waals surface area contributed by atoms with Gasteiger partial charge >= 0.3 is 0 Å². The number of imidazole rings is 1. The molecule has 0 radical (unpaired) electrons. The molecule has 0 bridgehead atoms. The first-order chi connectivity index (χ1) is 17.0. The fraction of sp³-hybridized carbons (Fsp3) is 0.370. The third-order valence-electron chi connectivity index (χ3n) is 6.88. The molecule has 2 aliphatic rings. The van der Waals surface area contributed by atoms with Gasteiger partial charge in [-0.05, 0) is 43.0 Å². The van der Waals surface area contributed by atoms with Gasteiger partial charge in [-0.25, -0.2) is 9.37 Å². The number of halogens is 1. The monoisotopic (exact) mass is 476 g/mol. The van der Waals surface area contributed by atoms with Crippen LogP contribution < -0.4 is 5.32 Å². The summed E-state index contributed by atoms with van der Waals surface area (Å²) in [6.07, 6.45) is 2.72. The highest BCUT2D eigenvalue weighted by Gasteiger charge is 2.32. The summed E-state index contributed by atoms with van der Waals surface area (Å²) in [4.78, 5) is 32.0. The maximum Gasteiger partial charge on any atom is 0.274 e. The van der Waals surface area contributed by atoms with E-state index in [4.69, 9.17) is 4.74 Å². The van der Waals surface area contributed by atoms with Gasteiger partial charge in [-0.3, -0.25) is 9.59 Å². The molecule has 1 saturated heterocycles. The van der Waals surface area contributed by atoms with E-state index in [1.54, 1.807) is 23.4 Å². The van der Waals surface area contributed by atoms with Crippen molar-refractivity contribution < 1.29 is 18.7 Å². The number of piperidine rings is 1. The minimum absolute atomic E-state index is 0.0400. The van der Waals surface area contributed by atoms with Gasteiger partial charge in [-0.1, -0.05) is 42.0 Å². The molecule has 3 heterocycles. The molecule has 0 saturated carbocycles. The fourth-order valence-corrected chi connectivity index (χ4v) is 4.84. The topological polar surface area (TPSA) is 76.5 Å². The number of fused-ring (bicyclic) bond motifs is 1. The van der Waals surface area contributed by atoms with Crippen molar-refractivity contribution in [3.05, 3.63) is 88.8 Å². The zero-order valence-corrected chi connectivity index (χ0v) is 19.7. The number of hydrogen-bond acceptors (Lipinski definition) is 4. The molecule has 182 valence electrons. The van der Waals surface area contributed by atoms with Gasteiger partial charge in [0.05, 0.1) is 25.2 Å². The van der Waals surface area contributed by atoms with Gasteiger partial charge in [0.1, 0.15) is 11.9 Å². The average Bonchev–Trinajstić information content (AvgIpc) is 3.31. The quantitative estimate of drug-likeness (QED) is 0.608. The van der Waals surface area contributed by atoms with E-state index in [0.29, 0.717) is 44.7 Å². The molecule has 0 unspecified atom stereocenters. The molecular formula is C27H29FN4O3. The maximum atomic E-state index is 13.2. The Morgan fingerprint density at radius 1 is 1.14 bits per heavy atom. The highest BCUT2D eigenvalue weighted by atomic mass is 19.1. The van der Waals surface area contributed by atoms with Gasteiger partial charge in [-0.2, -0.15) is 0 Å². The number of carbonyl (C=O) groups is 2. The third kappa shape index (κ3) is 5.12. The number of aryl methyl sites for hydroxylation is 1. The summed E-state index contributed by atoms with van der Waals surface area (Å²) in [5.41, 5.74) is 4.30. The first-order valence-electron chi connectivity index (χ1n) is 12.0. The second kappa shape index (κ2) is 10.00. The van der Waals surface area contributed by atoms with Crippen molar-refractivity contribution in [3.63, 3.8) is 0 Å². The number of nitrogens with zero attached hydrogens (tertiary/aromatic N) is 3. The zero-order chi connectivity index (χ0) is 24.4. The summed E-state index contributed by atoms with van der Waals surface area (Å²) in [6, 6.07) is 14.4. The summed E-state index contributed by atoms with van der Waals surface area (Å²) in [5, 5.41) is 3.03. The van der Waals surface area contributed by atoms with Crippen LogP contribution in [0, 0.1) is 18.7 Å². The molecule has 7 nitrogen and oxygen atoms in total. The molecule has 3 aromatic rings. The summed E-state index contributed by atoms with van der Waals surface area (Å²) < 4.78 is 21.2. The van der Waals surface area contributed by atoms with Crippen LogP contribution in [0.2, 0.25) is 0 Å². The van der Waals surface area contributed by atoms with Gasteiger partial charge in [0.25, 0.3) is 5.91 Å². The highest BCUT2D eigenvalue weighted by molar-refractivity contribution is 5.93. The number of aromatic nitrogens is 2. The predicted octanol–water partition coefficient (Wildman–Crippen LogP) is 3.77. The second-order valence-corrected chi connectivity index (χ2v) is 9.32. The molecule has 0 spiro atoms. The Balaban J connectivity index is 1.15. The number of amides is 2. The predicted molar refractivity (Wildman–Crippen MR) is 128 cm³/mol. The lowest BCUT2D eigenvalue weighted by Crippen LogP contribution is -2.43. The van der Waals surface area contributed by atoms with Gasteiger partial charge < -0.3 is 19.5 Å². The summed E-state index contributed by atoms with van der Waals surface area (Å²) in [6.45, 7) is 4.37. The van der Waals surface area contributed by atoms with Gasteiger partial charge in [-0.15, -0.1) is 0 Å². The molecule has 35 heavy (non-hydrogen) atoms. The Labute approximate surface area is 203 Å². The van der Waals surface area contributed by atoms with Gasteiger partial charge in [0, 0.05) is 25.6 Å². The molecule has 5 rings (SSSR count). The molecule has 1 aromatic heterocycles. The van der Waals surface area contributed by atoms with Crippen LogP contribution in [0.3, 0.4) is 0 Å². The summed E-state index contributed by atoms with van der Waals surface area (Å²) in [7, 11) is 0. The number of nitrogens with one attached hydrogen (secondary N) is 1. The lowest BCUT2D eigenvalue weighted by atomic mass is 9.95. The minimum Gasteiger partial charge on any atom is -0.365 e. The molecule has 8 heteroatoms. The molecular weight excluding hydrogens is 447 g/mol. The van der Waals surface area contributed by atoms with E-state index in [0.717, 1.165) is 16.8 Å². The lowest BCUT2D eigenvalue weighted by molar-refractivity contribution is -0.126. The van der Waals surface area contributed by atoms with Crippen molar-refractivity contribution in [2.24, 2.45) is 5.92 Å². The molecule has 2 aliphatic heterocycles. The number of likely N-dealkylation sites (tertiary alicyclic amines) is 1. The highest BCUT2D eigenvalue weighted by Crippen LogP contribution is 2.29. The van der Waals surface area contributed by atoms with Crippen molar-refractivity contribution in [1.29, 1.82) is 0 Å². The molecule has 1 atom stereocenters. The minimum atomic E-state index is -0.284. The molecule has 2 amide bonds. The standard InChI is InChI=1S/C27H29FN4O3/c1-18-3-2-4-19(13-18)14-29-26(33)21-9-11-31(12-10-21)27(34)25-23-16-35-24(15-32(23)17-30-25)20-5-7-22(28)8-6-20/h2-8,13,17,21,24H,9-12,14-16H2,1H3,(H,29,33)/t24-/m1/s1. The second-order valence-electron chi connectivity index (χ2n) is 9.32. The lowest BCUT2D eigenvalue weighted by Gasteiger charge is -2.31. The van der Waals surface area contributed by atoms with Crippen LogP contribution in [-0.4, -0.2) is 39.4 Å². The molecule has 2 aromatic carbocycles. The normalized spacial score (nSPS) is 18.2. The maximum absolute atomic E-state index is 13.2. The number of ether oxygens (including phenoxy) is 1. The van der Waals surface area contributed by atoms with E-state index in [1.165, 1.54) is 17.7 Å². The Bertz CT molecular complexity index is 1220. The van der Waals surface area contributed by atoms with Crippen molar-refractivity contribution in [3.8, 4) is 0 Å². The summed E-state index contributed by atoms with van der Waals surface area (Å²) in [5.74, 6) is -0.465. The van der Waals surface area contributed by atoms with Crippen molar-refractivity contribution >= 4 is 11.8 Å². The van der Waals surface area contributed by atoms with Crippen LogP contribution in [0.5, 0.6) is 0 Å². The Kier molecular flexibility index (Phi) is 6.63. The van der Waals surface area contributed by atoms with E-state index < -0.39 is 0 Å². The van der Waals surface area contributed by atoms with Gasteiger partial charge in [0.2, 0.25) is 5.91 Å².